The highest BCUT2D eigenvalue weighted by Gasteiger charge is 2.15. The number of hydrogen-bond acceptors (Lipinski definition) is 4. The average molecular weight is 380 g/mol. The Morgan fingerprint density at radius 2 is 1.54 bits per heavy atom. The fraction of sp³-hybridized carbons (Fsp3) is 0.292. The van der Waals surface area contributed by atoms with E-state index in [1.54, 1.807) is 18.2 Å². The number of carbonyl (C=O) groups excluding carboxylic acids is 1. The van der Waals surface area contributed by atoms with E-state index in [0.29, 0.717) is 30.3 Å². The lowest BCUT2D eigenvalue weighted by Gasteiger charge is -2.13. The third-order valence-corrected chi connectivity index (χ3v) is 3.86. The minimum absolute atomic E-state index is 0.237. The van der Waals surface area contributed by atoms with Gasteiger partial charge < -0.3 is 14.2 Å². The zero-order chi connectivity index (χ0) is 20.4. The van der Waals surface area contributed by atoms with Crippen LogP contribution in [0.3, 0.4) is 0 Å². The highest BCUT2D eigenvalue weighted by molar-refractivity contribution is 5.92. The summed E-state index contributed by atoms with van der Waals surface area (Å²) in [6, 6.07) is 15.1. The van der Waals surface area contributed by atoms with E-state index in [9.17, 15) is 4.79 Å². The van der Waals surface area contributed by atoms with E-state index in [2.05, 4.69) is 0 Å². The average Bonchev–Trinajstić information content (AvgIpc) is 2.66. The molecule has 0 aromatic heterocycles. The maximum Gasteiger partial charge on any atom is 0.342 e. The molecule has 4 nitrogen and oxygen atoms in total. The first kappa shape index (κ1) is 21.3. The second kappa shape index (κ2) is 11.0. The molecule has 0 N–H and O–H groups in total. The number of esters is 1. The Kier molecular flexibility index (Phi) is 8.35. The van der Waals surface area contributed by atoms with Crippen LogP contribution in [0.1, 0.15) is 43.6 Å². The highest BCUT2D eigenvalue weighted by Crippen LogP contribution is 2.26. The van der Waals surface area contributed by atoms with Gasteiger partial charge in [-0.1, -0.05) is 41.5 Å². The molecule has 0 aliphatic carbocycles. The Morgan fingerprint density at radius 1 is 0.857 bits per heavy atom. The fourth-order valence-electron chi connectivity index (χ4n) is 2.28. The lowest BCUT2D eigenvalue weighted by Crippen LogP contribution is -2.09. The molecule has 0 fully saturated rings. The third kappa shape index (κ3) is 7.31. The molecule has 2 aromatic rings. The molecule has 0 saturated heterocycles. The van der Waals surface area contributed by atoms with Crippen molar-refractivity contribution in [2.75, 3.05) is 13.2 Å². The molecule has 0 unspecified atom stereocenters. The minimum atomic E-state index is -0.417. The molecule has 4 heteroatoms. The molecule has 28 heavy (non-hydrogen) atoms. The molecule has 0 amide bonds. The normalized spacial score (nSPS) is 10.0. The molecule has 0 spiro atoms. The van der Waals surface area contributed by atoms with Crippen molar-refractivity contribution in [2.45, 2.75) is 34.3 Å². The molecule has 0 aliphatic rings. The summed E-state index contributed by atoms with van der Waals surface area (Å²) in [5.74, 6) is 0.668. The number of allylic oxidation sites excluding steroid dienone is 2. The SMILES string of the molecule is CC(C)=CCOC(=O)c1ccc(OCc2ccccc2)cc1OCC=C(C)C. The van der Waals surface area contributed by atoms with Gasteiger partial charge in [0, 0.05) is 6.07 Å². The van der Waals surface area contributed by atoms with Gasteiger partial charge in [-0.05, 0) is 57.5 Å². The van der Waals surface area contributed by atoms with Gasteiger partial charge in [-0.2, -0.15) is 0 Å². The first-order valence-electron chi connectivity index (χ1n) is 9.33. The molecule has 2 rings (SSSR count). The van der Waals surface area contributed by atoms with E-state index in [-0.39, 0.29) is 6.61 Å². The van der Waals surface area contributed by atoms with Crippen molar-refractivity contribution in [1.82, 2.24) is 0 Å². The highest BCUT2D eigenvalue weighted by atomic mass is 16.5. The molecule has 0 heterocycles. The van der Waals surface area contributed by atoms with E-state index < -0.39 is 5.97 Å². The van der Waals surface area contributed by atoms with E-state index >= 15 is 0 Å². The smallest absolute Gasteiger partial charge is 0.342 e. The standard InChI is InChI=1S/C24H28O4/c1-18(2)12-14-26-23-16-21(28-17-20-8-6-5-7-9-20)10-11-22(23)24(25)27-15-13-19(3)4/h5-13,16H,14-15,17H2,1-4H3. The molecule has 148 valence electrons. The van der Waals surface area contributed by atoms with Crippen LogP contribution in [0.5, 0.6) is 11.5 Å². The number of hydrogen-bond donors (Lipinski definition) is 0. The van der Waals surface area contributed by atoms with Gasteiger partial charge in [0.2, 0.25) is 0 Å². The number of carbonyl (C=O) groups is 1. The van der Waals surface area contributed by atoms with Crippen LogP contribution in [-0.2, 0) is 11.3 Å². The van der Waals surface area contributed by atoms with E-state index in [4.69, 9.17) is 14.2 Å². The molecular formula is C24H28O4. The summed E-state index contributed by atoms with van der Waals surface area (Å²) in [7, 11) is 0. The second-order valence-electron chi connectivity index (χ2n) is 6.90. The van der Waals surface area contributed by atoms with E-state index in [1.807, 2.05) is 70.2 Å². The lowest BCUT2D eigenvalue weighted by atomic mass is 10.2. The summed E-state index contributed by atoms with van der Waals surface area (Å²) in [4.78, 5) is 12.4. The molecule has 0 bridgehead atoms. The molecule has 2 aromatic carbocycles. The zero-order valence-corrected chi connectivity index (χ0v) is 17.0. The van der Waals surface area contributed by atoms with Gasteiger partial charge in [0.1, 0.15) is 36.9 Å². The molecular weight excluding hydrogens is 352 g/mol. The maximum atomic E-state index is 12.4. The first-order chi connectivity index (χ1) is 13.5. The van der Waals surface area contributed by atoms with Gasteiger partial charge in [0.15, 0.2) is 0 Å². The number of ether oxygens (including phenoxy) is 3. The maximum absolute atomic E-state index is 12.4. The summed E-state index contributed by atoms with van der Waals surface area (Å²) in [6.07, 6.45) is 3.81. The third-order valence-electron chi connectivity index (χ3n) is 3.86. The fourth-order valence-corrected chi connectivity index (χ4v) is 2.28. The number of rotatable bonds is 9. The predicted molar refractivity (Wildman–Crippen MR) is 112 cm³/mol. The number of benzene rings is 2. The van der Waals surface area contributed by atoms with Gasteiger partial charge in [-0.3, -0.25) is 0 Å². The Morgan fingerprint density at radius 3 is 2.21 bits per heavy atom. The Labute approximate surface area is 167 Å². The van der Waals surface area contributed by atoms with Crippen LogP contribution in [0.25, 0.3) is 0 Å². The van der Waals surface area contributed by atoms with E-state index in [0.717, 1.165) is 16.7 Å². The molecule has 0 saturated carbocycles. The summed E-state index contributed by atoms with van der Waals surface area (Å²) in [5.41, 5.74) is 3.69. The van der Waals surface area contributed by atoms with Crippen LogP contribution in [0.15, 0.2) is 71.8 Å². The van der Waals surface area contributed by atoms with Crippen LogP contribution in [-0.4, -0.2) is 19.2 Å². The van der Waals surface area contributed by atoms with Crippen molar-refractivity contribution in [3.8, 4) is 11.5 Å². The summed E-state index contributed by atoms with van der Waals surface area (Å²) >= 11 is 0. The van der Waals surface area contributed by atoms with Crippen molar-refractivity contribution in [3.63, 3.8) is 0 Å². The first-order valence-corrected chi connectivity index (χ1v) is 9.33. The van der Waals surface area contributed by atoms with Crippen molar-refractivity contribution >= 4 is 5.97 Å². The van der Waals surface area contributed by atoms with Gasteiger partial charge in [0.25, 0.3) is 0 Å². The van der Waals surface area contributed by atoms with Crippen molar-refractivity contribution in [3.05, 3.63) is 83.0 Å². The van der Waals surface area contributed by atoms with Crippen molar-refractivity contribution in [2.24, 2.45) is 0 Å². The van der Waals surface area contributed by atoms with Crippen molar-refractivity contribution < 1.29 is 19.0 Å². The predicted octanol–water partition coefficient (Wildman–Crippen LogP) is 5.73. The molecule has 0 atom stereocenters. The van der Waals surface area contributed by atoms with Crippen LogP contribution >= 0.6 is 0 Å². The van der Waals surface area contributed by atoms with Crippen molar-refractivity contribution in [1.29, 1.82) is 0 Å². The topological polar surface area (TPSA) is 44.8 Å². The minimum Gasteiger partial charge on any atom is -0.489 e. The summed E-state index contributed by atoms with van der Waals surface area (Å²) < 4.78 is 17.0. The summed E-state index contributed by atoms with van der Waals surface area (Å²) in [6.45, 7) is 8.97. The largest absolute Gasteiger partial charge is 0.489 e. The van der Waals surface area contributed by atoms with Gasteiger partial charge in [-0.25, -0.2) is 4.79 Å². The van der Waals surface area contributed by atoms with E-state index in [1.165, 1.54) is 0 Å². The van der Waals surface area contributed by atoms with Gasteiger partial charge >= 0.3 is 5.97 Å². The molecule has 0 aliphatic heterocycles. The second-order valence-corrected chi connectivity index (χ2v) is 6.90. The lowest BCUT2D eigenvalue weighted by molar-refractivity contribution is 0.0544. The summed E-state index contributed by atoms with van der Waals surface area (Å²) in [5, 5.41) is 0. The molecule has 0 radical (unpaired) electrons. The van der Waals surface area contributed by atoms with Crippen LogP contribution in [0.4, 0.5) is 0 Å². The Bertz CT molecular complexity index is 827. The Hall–Kier alpha value is -3.01. The zero-order valence-electron chi connectivity index (χ0n) is 17.0. The Balaban J connectivity index is 2.14. The monoisotopic (exact) mass is 380 g/mol. The van der Waals surface area contributed by atoms with Gasteiger partial charge in [0.05, 0.1) is 0 Å². The van der Waals surface area contributed by atoms with Gasteiger partial charge in [-0.15, -0.1) is 0 Å². The van der Waals surface area contributed by atoms with Crippen LogP contribution in [0.2, 0.25) is 0 Å². The van der Waals surface area contributed by atoms with Crippen LogP contribution < -0.4 is 9.47 Å². The van der Waals surface area contributed by atoms with Crippen LogP contribution in [0, 0.1) is 0 Å². The quantitative estimate of drug-likeness (QED) is 0.411.